The van der Waals surface area contributed by atoms with Crippen molar-refractivity contribution in [3.8, 4) is 5.75 Å². The normalized spacial score (nSPS) is 19.7. The molecule has 150 valence electrons. The largest absolute Gasteiger partial charge is 0.497 e. The van der Waals surface area contributed by atoms with E-state index in [1.54, 1.807) is 7.11 Å². The van der Waals surface area contributed by atoms with E-state index < -0.39 is 0 Å². The van der Waals surface area contributed by atoms with Crippen molar-refractivity contribution in [3.63, 3.8) is 0 Å². The summed E-state index contributed by atoms with van der Waals surface area (Å²) in [6, 6.07) is 14.1. The number of methoxy groups -OCH3 is 1. The Kier molecular flexibility index (Phi) is 6.09. The van der Waals surface area contributed by atoms with E-state index in [9.17, 15) is 0 Å². The quantitative estimate of drug-likeness (QED) is 0.461. The molecule has 1 aromatic heterocycles. The minimum absolute atomic E-state index is 0.379. The summed E-state index contributed by atoms with van der Waals surface area (Å²) in [5.41, 5.74) is 5.87. The topological polar surface area (TPSA) is 73.1 Å². The zero-order chi connectivity index (χ0) is 20.2. The predicted molar refractivity (Wildman–Crippen MR) is 119 cm³/mol. The Morgan fingerprint density at radius 3 is 2.59 bits per heavy atom. The summed E-state index contributed by atoms with van der Waals surface area (Å²) in [6.45, 7) is 0. The first-order chi connectivity index (χ1) is 14.2. The number of benzene rings is 2. The van der Waals surface area contributed by atoms with Crippen molar-refractivity contribution in [2.24, 2.45) is 5.84 Å². The first kappa shape index (κ1) is 19.8. The van der Waals surface area contributed by atoms with Gasteiger partial charge in [0.25, 0.3) is 0 Å². The molecule has 0 bridgehead atoms. The molecule has 29 heavy (non-hydrogen) atoms. The van der Waals surface area contributed by atoms with Crippen LogP contribution in [0.25, 0.3) is 23.1 Å². The average Bonchev–Trinajstić information content (AvgIpc) is 2.77. The van der Waals surface area contributed by atoms with Crippen LogP contribution in [0.2, 0.25) is 5.02 Å². The minimum Gasteiger partial charge on any atom is -0.497 e. The third-order valence-corrected chi connectivity index (χ3v) is 5.96. The number of nitrogens with one attached hydrogen (secondary N) is 1. The second-order valence-corrected chi connectivity index (χ2v) is 7.83. The van der Waals surface area contributed by atoms with Crippen LogP contribution in [-0.4, -0.2) is 23.1 Å². The van der Waals surface area contributed by atoms with Crippen LogP contribution in [0.4, 0.5) is 0 Å². The monoisotopic (exact) mass is 408 g/mol. The number of fused-ring (bicyclic) bond motifs is 1. The maximum Gasteiger partial charge on any atom is 0.152 e. The molecule has 0 saturated heterocycles. The van der Waals surface area contributed by atoms with Gasteiger partial charge >= 0.3 is 0 Å². The van der Waals surface area contributed by atoms with Crippen LogP contribution in [-0.2, 0) is 0 Å². The lowest BCUT2D eigenvalue weighted by Gasteiger charge is -2.28. The van der Waals surface area contributed by atoms with Crippen LogP contribution in [0.3, 0.4) is 0 Å². The Hall–Kier alpha value is -2.47. The Morgan fingerprint density at radius 2 is 1.86 bits per heavy atom. The number of halogens is 1. The molecule has 0 spiro atoms. The molecule has 1 heterocycles. The second kappa shape index (κ2) is 8.91. The number of hydrogen-bond donors (Lipinski definition) is 2. The van der Waals surface area contributed by atoms with E-state index in [1.807, 2.05) is 54.6 Å². The number of nitrogens with zero attached hydrogens (tertiary/aromatic N) is 2. The van der Waals surface area contributed by atoms with Gasteiger partial charge in [-0.1, -0.05) is 29.8 Å². The van der Waals surface area contributed by atoms with Gasteiger partial charge in [-0.3, -0.25) is 11.3 Å². The summed E-state index contributed by atoms with van der Waals surface area (Å²) in [5.74, 6) is 7.52. The van der Waals surface area contributed by atoms with Gasteiger partial charge in [-0.25, -0.2) is 9.97 Å². The molecule has 0 aliphatic heterocycles. The maximum atomic E-state index is 6.28. The molecular weight excluding hydrogens is 384 g/mol. The Bertz CT molecular complexity index is 1030. The number of ether oxygens (including phenoxy) is 1. The van der Waals surface area contributed by atoms with Gasteiger partial charge in [0.15, 0.2) is 5.82 Å². The number of rotatable bonds is 5. The van der Waals surface area contributed by atoms with E-state index in [-0.39, 0.29) is 0 Å². The zero-order valence-corrected chi connectivity index (χ0v) is 17.2. The van der Waals surface area contributed by atoms with Crippen molar-refractivity contribution in [2.75, 3.05) is 7.11 Å². The van der Waals surface area contributed by atoms with Crippen molar-refractivity contribution in [1.29, 1.82) is 0 Å². The third kappa shape index (κ3) is 4.42. The molecule has 6 heteroatoms. The number of hydrazine groups is 1. The zero-order valence-electron chi connectivity index (χ0n) is 16.4. The molecule has 1 aliphatic carbocycles. The summed E-state index contributed by atoms with van der Waals surface area (Å²) in [4.78, 5) is 9.70. The van der Waals surface area contributed by atoms with Gasteiger partial charge < -0.3 is 4.74 Å². The fraction of sp³-hybridized carbons (Fsp3) is 0.304. The number of aromatic nitrogens is 2. The summed E-state index contributed by atoms with van der Waals surface area (Å²) in [7, 11) is 1.68. The fourth-order valence-corrected chi connectivity index (χ4v) is 4.17. The third-order valence-electron chi connectivity index (χ3n) is 5.62. The lowest BCUT2D eigenvalue weighted by atomic mass is 9.83. The summed E-state index contributed by atoms with van der Waals surface area (Å²) in [5, 5.41) is 1.77. The van der Waals surface area contributed by atoms with Gasteiger partial charge in [0.05, 0.1) is 18.3 Å². The second-order valence-electron chi connectivity index (χ2n) is 7.42. The van der Waals surface area contributed by atoms with Gasteiger partial charge in [-0.05, 0) is 67.7 Å². The van der Waals surface area contributed by atoms with Crippen molar-refractivity contribution < 1.29 is 4.74 Å². The van der Waals surface area contributed by atoms with Gasteiger partial charge in [0.2, 0.25) is 0 Å². The number of hydrogen-bond acceptors (Lipinski definition) is 5. The lowest BCUT2D eigenvalue weighted by Crippen LogP contribution is -2.37. The van der Waals surface area contributed by atoms with E-state index in [0.29, 0.717) is 22.8 Å². The highest BCUT2D eigenvalue weighted by atomic mass is 35.5. The molecule has 1 aliphatic rings. The predicted octanol–water partition coefficient (Wildman–Crippen LogP) is 4.95. The van der Waals surface area contributed by atoms with Crippen LogP contribution in [0.15, 0.2) is 42.5 Å². The minimum atomic E-state index is 0.379. The molecule has 2 aromatic carbocycles. The highest BCUT2D eigenvalue weighted by Crippen LogP contribution is 2.36. The molecular formula is C23H25ClN4O. The van der Waals surface area contributed by atoms with Crippen molar-refractivity contribution in [1.82, 2.24) is 15.4 Å². The average molecular weight is 409 g/mol. The standard InChI is InChI=1S/C23H25ClN4O/c1-29-18-11-12-21-19(14-18)23(16-6-9-17(28-25)10-7-16)27-22(26-21)13-8-15-4-2-3-5-20(15)24/h2-5,8,11-14,16-17,28H,6-7,9-10,25H2,1H3. The molecule has 0 radical (unpaired) electrons. The number of nitrogens with two attached hydrogens (primary N) is 1. The Balaban J connectivity index is 1.74. The van der Waals surface area contributed by atoms with E-state index in [4.69, 9.17) is 32.1 Å². The van der Waals surface area contributed by atoms with E-state index >= 15 is 0 Å². The van der Waals surface area contributed by atoms with Gasteiger partial charge in [0.1, 0.15) is 5.75 Å². The molecule has 1 fully saturated rings. The van der Waals surface area contributed by atoms with Crippen molar-refractivity contribution >= 4 is 34.7 Å². The molecule has 0 unspecified atom stereocenters. The summed E-state index contributed by atoms with van der Waals surface area (Å²) in [6.07, 6.45) is 8.08. The highest BCUT2D eigenvalue weighted by Gasteiger charge is 2.25. The highest BCUT2D eigenvalue weighted by molar-refractivity contribution is 6.32. The van der Waals surface area contributed by atoms with Crippen LogP contribution < -0.4 is 16.0 Å². The van der Waals surface area contributed by atoms with E-state index in [2.05, 4.69) is 5.43 Å². The lowest BCUT2D eigenvalue weighted by molar-refractivity contribution is 0.344. The summed E-state index contributed by atoms with van der Waals surface area (Å²) >= 11 is 6.28. The first-order valence-corrected chi connectivity index (χ1v) is 10.3. The van der Waals surface area contributed by atoms with Crippen LogP contribution >= 0.6 is 11.6 Å². The SMILES string of the molecule is COc1ccc2nc(C=Cc3ccccc3Cl)nc(C3CCC(NN)CC3)c2c1. The van der Waals surface area contributed by atoms with Gasteiger partial charge in [-0.15, -0.1) is 0 Å². The molecule has 0 amide bonds. The van der Waals surface area contributed by atoms with Gasteiger partial charge in [0, 0.05) is 22.4 Å². The maximum absolute atomic E-state index is 6.28. The van der Waals surface area contributed by atoms with Crippen LogP contribution in [0.1, 0.15) is 48.7 Å². The Morgan fingerprint density at radius 1 is 1.07 bits per heavy atom. The van der Waals surface area contributed by atoms with Gasteiger partial charge in [-0.2, -0.15) is 0 Å². The fourth-order valence-electron chi connectivity index (χ4n) is 3.97. The van der Waals surface area contributed by atoms with Crippen molar-refractivity contribution in [3.05, 3.63) is 64.6 Å². The first-order valence-electron chi connectivity index (χ1n) is 9.92. The molecule has 3 N–H and O–H groups in total. The molecule has 0 atom stereocenters. The summed E-state index contributed by atoms with van der Waals surface area (Å²) < 4.78 is 5.44. The molecule has 1 saturated carbocycles. The molecule has 4 rings (SSSR count). The molecule has 5 nitrogen and oxygen atoms in total. The van der Waals surface area contributed by atoms with E-state index in [0.717, 1.165) is 53.6 Å². The smallest absolute Gasteiger partial charge is 0.152 e. The molecule has 3 aromatic rings. The Labute approximate surface area is 175 Å². The van der Waals surface area contributed by atoms with Crippen LogP contribution in [0.5, 0.6) is 5.75 Å². The van der Waals surface area contributed by atoms with Crippen LogP contribution in [0, 0.1) is 0 Å². The van der Waals surface area contributed by atoms with Crippen molar-refractivity contribution in [2.45, 2.75) is 37.6 Å². The van der Waals surface area contributed by atoms with E-state index in [1.165, 1.54) is 0 Å².